The Balaban J connectivity index is 2.31. The molecule has 0 aromatic heterocycles. The molecule has 0 fully saturated rings. The Bertz CT molecular complexity index is 715. The lowest BCUT2D eigenvalue weighted by Gasteiger charge is -2.10. The van der Waals surface area contributed by atoms with Gasteiger partial charge in [0.15, 0.2) is 11.5 Å². The van der Waals surface area contributed by atoms with Crippen LogP contribution in [0.15, 0.2) is 12.1 Å². The zero-order valence-electron chi connectivity index (χ0n) is 16.2. The Kier molecular flexibility index (Phi) is 10.7. The maximum atomic E-state index is 11.8. The van der Waals surface area contributed by atoms with E-state index in [9.17, 15) is 23.4 Å². The average molecular weight is 419 g/mol. The van der Waals surface area contributed by atoms with E-state index < -0.39 is 39.2 Å². The minimum atomic E-state index is -4.49. The fraction of sp³-hybridized carbons (Fsp3) is 0.632. The molecule has 0 saturated carbocycles. The van der Waals surface area contributed by atoms with Crippen molar-refractivity contribution in [1.29, 1.82) is 0 Å². The number of aromatic carboxylic acids is 1. The van der Waals surface area contributed by atoms with Gasteiger partial charge in [-0.15, -0.1) is 0 Å². The van der Waals surface area contributed by atoms with Gasteiger partial charge in [0.05, 0.1) is 12.2 Å². The molecule has 0 heterocycles. The minimum Gasteiger partial charge on any atom is -0.504 e. The van der Waals surface area contributed by atoms with Gasteiger partial charge in [0, 0.05) is 6.07 Å². The summed E-state index contributed by atoms with van der Waals surface area (Å²) in [6.07, 6.45) is 10.9. The smallest absolute Gasteiger partial charge is 0.449 e. The highest BCUT2D eigenvalue weighted by Crippen LogP contribution is 2.37. The van der Waals surface area contributed by atoms with E-state index in [4.69, 9.17) is 9.29 Å². The van der Waals surface area contributed by atoms with Crippen LogP contribution < -0.4 is 4.18 Å². The lowest BCUT2D eigenvalue weighted by molar-refractivity contribution is 0.0696. The summed E-state index contributed by atoms with van der Waals surface area (Å²) in [5, 5.41) is 28.0. The van der Waals surface area contributed by atoms with Crippen LogP contribution >= 0.6 is 0 Å². The highest BCUT2D eigenvalue weighted by atomic mass is 32.3. The number of carboxylic acids is 1. The summed E-state index contributed by atoms with van der Waals surface area (Å²) in [6.45, 7) is 2.11. The molecular weight excluding hydrogens is 388 g/mol. The summed E-state index contributed by atoms with van der Waals surface area (Å²) in [4.78, 5) is 10.9. The monoisotopic (exact) mass is 418 g/mol. The van der Waals surface area contributed by atoms with E-state index in [0.29, 0.717) is 6.42 Å². The molecule has 0 atom stereocenters. The van der Waals surface area contributed by atoms with Gasteiger partial charge in [-0.2, -0.15) is 8.42 Å². The number of rotatable bonds is 15. The molecule has 3 N–H and O–H groups in total. The van der Waals surface area contributed by atoms with Gasteiger partial charge in [-0.05, 0) is 12.5 Å². The molecular formula is C19H30O8S. The Morgan fingerprint density at radius 1 is 0.929 bits per heavy atom. The number of hydrogen-bond donors (Lipinski definition) is 3. The Labute approximate surface area is 166 Å². The lowest BCUT2D eigenvalue weighted by atomic mass is 10.1. The fourth-order valence-corrected chi connectivity index (χ4v) is 3.38. The molecule has 160 valence electrons. The van der Waals surface area contributed by atoms with E-state index >= 15 is 0 Å². The Hall–Kier alpha value is -2.00. The van der Waals surface area contributed by atoms with Crippen LogP contribution in [0.5, 0.6) is 17.2 Å². The van der Waals surface area contributed by atoms with Crippen LogP contribution in [0, 0.1) is 0 Å². The molecule has 0 bridgehead atoms. The average Bonchev–Trinajstić information content (AvgIpc) is 2.63. The number of carbonyl (C=O) groups is 1. The van der Waals surface area contributed by atoms with Gasteiger partial charge in [0.1, 0.15) is 0 Å². The highest BCUT2D eigenvalue weighted by molar-refractivity contribution is 7.82. The number of phenols is 2. The molecule has 0 aliphatic carbocycles. The number of phenolic OH excluding ortho intramolecular Hbond substituents is 2. The Morgan fingerprint density at radius 2 is 1.46 bits per heavy atom. The van der Waals surface area contributed by atoms with Crippen molar-refractivity contribution in [2.24, 2.45) is 0 Å². The maximum absolute atomic E-state index is 11.8. The van der Waals surface area contributed by atoms with Crippen LogP contribution in [0.4, 0.5) is 0 Å². The van der Waals surface area contributed by atoms with Crippen LogP contribution in [-0.4, -0.2) is 36.3 Å². The number of benzene rings is 1. The van der Waals surface area contributed by atoms with Crippen molar-refractivity contribution in [1.82, 2.24) is 0 Å². The summed E-state index contributed by atoms with van der Waals surface area (Å²) in [7, 11) is -4.49. The van der Waals surface area contributed by atoms with E-state index in [2.05, 4.69) is 11.1 Å². The van der Waals surface area contributed by atoms with Crippen molar-refractivity contribution in [2.45, 2.75) is 71.1 Å². The fourth-order valence-electron chi connectivity index (χ4n) is 2.66. The summed E-state index contributed by atoms with van der Waals surface area (Å²) in [6, 6.07) is 1.57. The van der Waals surface area contributed by atoms with E-state index in [0.717, 1.165) is 31.4 Å². The van der Waals surface area contributed by atoms with Crippen molar-refractivity contribution in [3.05, 3.63) is 17.7 Å². The quantitative estimate of drug-likeness (QED) is 0.283. The normalized spacial score (nSPS) is 11.5. The van der Waals surface area contributed by atoms with Crippen molar-refractivity contribution < 1.29 is 36.9 Å². The molecule has 0 saturated heterocycles. The molecule has 8 nitrogen and oxygen atoms in total. The molecule has 28 heavy (non-hydrogen) atoms. The molecule has 0 unspecified atom stereocenters. The predicted molar refractivity (Wildman–Crippen MR) is 104 cm³/mol. The second-order valence-electron chi connectivity index (χ2n) is 6.64. The number of aromatic hydroxyl groups is 2. The van der Waals surface area contributed by atoms with E-state index in [1.165, 1.54) is 38.5 Å². The maximum Gasteiger partial charge on any atom is 0.449 e. The summed E-state index contributed by atoms with van der Waals surface area (Å²) in [5.41, 5.74) is -0.435. The van der Waals surface area contributed by atoms with Crippen LogP contribution in [0.25, 0.3) is 0 Å². The largest absolute Gasteiger partial charge is 0.504 e. The van der Waals surface area contributed by atoms with Gasteiger partial charge in [0.2, 0.25) is 5.75 Å². The number of hydrogen-bond acceptors (Lipinski definition) is 7. The molecule has 1 aromatic rings. The first kappa shape index (κ1) is 24.0. The second-order valence-corrected chi connectivity index (χ2v) is 7.86. The summed E-state index contributed by atoms with van der Waals surface area (Å²) >= 11 is 0. The molecule has 0 radical (unpaired) electrons. The first-order valence-electron chi connectivity index (χ1n) is 9.65. The van der Waals surface area contributed by atoms with Gasteiger partial charge in [-0.25, -0.2) is 8.98 Å². The van der Waals surface area contributed by atoms with E-state index in [1.54, 1.807) is 0 Å². The molecule has 0 aliphatic rings. The number of carboxylic acid groups (broad SMARTS) is 1. The molecule has 9 heteroatoms. The van der Waals surface area contributed by atoms with Gasteiger partial charge < -0.3 is 19.5 Å². The molecule has 1 aromatic carbocycles. The molecule has 0 spiro atoms. The second kappa shape index (κ2) is 12.5. The van der Waals surface area contributed by atoms with Crippen molar-refractivity contribution in [2.75, 3.05) is 6.61 Å². The third kappa shape index (κ3) is 9.27. The number of unbranched alkanes of at least 4 members (excludes halogenated alkanes) is 9. The van der Waals surface area contributed by atoms with Gasteiger partial charge in [0.25, 0.3) is 0 Å². The topological polar surface area (TPSA) is 130 Å². The summed E-state index contributed by atoms with van der Waals surface area (Å²) < 4.78 is 32.9. The molecule has 0 aliphatic heterocycles. The summed E-state index contributed by atoms with van der Waals surface area (Å²) in [5.74, 6) is -3.81. The van der Waals surface area contributed by atoms with Crippen LogP contribution in [0.3, 0.4) is 0 Å². The van der Waals surface area contributed by atoms with Gasteiger partial charge in [-0.3, -0.25) is 0 Å². The third-order valence-corrected chi connectivity index (χ3v) is 5.06. The van der Waals surface area contributed by atoms with Crippen molar-refractivity contribution >= 4 is 16.4 Å². The SMILES string of the molecule is CCCCCCCCCCCCOS(=O)(=O)Oc1cc(C(=O)O)cc(O)c1O. The molecule has 0 amide bonds. The Morgan fingerprint density at radius 3 is 2.00 bits per heavy atom. The van der Waals surface area contributed by atoms with E-state index in [-0.39, 0.29) is 6.61 Å². The first-order valence-corrected chi connectivity index (χ1v) is 11.0. The van der Waals surface area contributed by atoms with Gasteiger partial charge in [-0.1, -0.05) is 64.7 Å². The van der Waals surface area contributed by atoms with Crippen LogP contribution in [0.1, 0.15) is 81.5 Å². The zero-order chi connectivity index (χ0) is 21.0. The highest BCUT2D eigenvalue weighted by Gasteiger charge is 2.21. The first-order chi connectivity index (χ1) is 13.3. The van der Waals surface area contributed by atoms with Crippen molar-refractivity contribution in [3.63, 3.8) is 0 Å². The van der Waals surface area contributed by atoms with E-state index in [1.807, 2.05) is 0 Å². The van der Waals surface area contributed by atoms with Crippen LogP contribution in [0.2, 0.25) is 0 Å². The zero-order valence-corrected chi connectivity index (χ0v) is 17.0. The third-order valence-electron chi connectivity index (χ3n) is 4.22. The van der Waals surface area contributed by atoms with Crippen LogP contribution in [-0.2, 0) is 14.6 Å². The van der Waals surface area contributed by atoms with Gasteiger partial charge >= 0.3 is 16.4 Å². The predicted octanol–water partition coefficient (Wildman–Crippen LogP) is 4.36. The lowest BCUT2D eigenvalue weighted by Crippen LogP contribution is -2.14. The molecule has 1 rings (SSSR count). The standard InChI is InChI=1S/C19H30O8S/c1-2-3-4-5-6-7-8-9-10-11-12-26-28(24,25)27-17-14-15(19(22)23)13-16(20)18(17)21/h13-14,20-21H,2-12H2,1H3,(H,22,23). The van der Waals surface area contributed by atoms with Crippen molar-refractivity contribution in [3.8, 4) is 17.2 Å². The minimum absolute atomic E-state index is 0.0792.